The summed E-state index contributed by atoms with van der Waals surface area (Å²) in [5.41, 5.74) is -1.11. The van der Waals surface area contributed by atoms with Gasteiger partial charge in [0.15, 0.2) is 5.69 Å². The van der Waals surface area contributed by atoms with Crippen LogP contribution >= 0.6 is 11.3 Å². The van der Waals surface area contributed by atoms with Gasteiger partial charge < -0.3 is 14.8 Å². The highest BCUT2D eigenvalue weighted by Gasteiger charge is 2.35. The van der Waals surface area contributed by atoms with Crippen LogP contribution in [0.1, 0.15) is 47.2 Å². The lowest BCUT2D eigenvalue weighted by Gasteiger charge is -2.17. The van der Waals surface area contributed by atoms with Crippen molar-refractivity contribution in [3.05, 3.63) is 46.9 Å². The van der Waals surface area contributed by atoms with Gasteiger partial charge in [0.1, 0.15) is 16.4 Å². The van der Waals surface area contributed by atoms with Crippen molar-refractivity contribution in [1.82, 2.24) is 20.3 Å². The summed E-state index contributed by atoms with van der Waals surface area (Å²) in [7, 11) is 0. The van der Waals surface area contributed by atoms with Crippen molar-refractivity contribution in [1.29, 1.82) is 0 Å². The van der Waals surface area contributed by atoms with Crippen LogP contribution in [0.4, 0.5) is 23.8 Å². The monoisotopic (exact) mass is 537 g/mol. The van der Waals surface area contributed by atoms with Crippen molar-refractivity contribution in [3.63, 3.8) is 0 Å². The molecule has 0 aliphatic heterocycles. The van der Waals surface area contributed by atoms with E-state index in [1.54, 1.807) is 20.8 Å². The predicted octanol–water partition coefficient (Wildman–Crippen LogP) is 4.78. The Morgan fingerprint density at radius 1 is 1.03 bits per heavy atom. The Bertz CT molecular complexity index is 1310. The molecule has 2 N–H and O–H groups in total. The number of amides is 2. The molecule has 0 fully saturated rings. The van der Waals surface area contributed by atoms with Crippen LogP contribution in [0.25, 0.3) is 21.7 Å². The molecule has 3 aromatic heterocycles. The second-order valence-corrected chi connectivity index (χ2v) is 8.05. The van der Waals surface area contributed by atoms with E-state index in [2.05, 4.69) is 25.6 Å². The molecule has 0 aromatic carbocycles. The summed E-state index contributed by atoms with van der Waals surface area (Å²) in [6.45, 7) is 5.16. The number of carbonyl (C=O) groups excluding carboxylic acids is 3. The first-order valence-electron chi connectivity index (χ1n) is 11.0. The van der Waals surface area contributed by atoms with Crippen LogP contribution < -0.4 is 10.6 Å². The molecule has 37 heavy (non-hydrogen) atoms. The Balaban J connectivity index is 2.32. The lowest BCUT2D eigenvalue weighted by atomic mass is 9.97. The lowest BCUT2D eigenvalue weighted by Crippen LogP contribution is -2.29. The fraction of sp³-hybridized carbons (Fsp3) is 0.304. The van der Waals surface area contributed by atoms with Crippen LogP contribution in [0.15, 0.2) is 30.0 Å². The third-order valence-electron chi connectivity index (χ3n) is 4.70. The molecule has 0 bridgehead atoms. The van der Waals surface area contributed by atoms with Crippen molar-refractivity contribution in [3.8, 4) is 21.7 Å². The van der Waals surface area contributed by atoms with E-state index in [0.717, 1.165) is 5.38 Å². The Kier molecular flexibility index (Phi) is 8.76. The standard InChI is InChI=1S/C23H22F3N5O5S/c1-4-28-22(34)31-18-17(21(33)36-6-3)16(19-30-15(11-37-19)23(24,25)26)14(10-29-18)12-7-13(9-27-8-12)20(32)35-5-2/h7-11H,4-6H2,1-3H3,(H2,28,29,31,34). The molecular weight excluding hydrogens is 515 g/mol. The molecule has 3 aromatic rings. The van der Waals surface area contributed by atoms with E-state index in [4.69, 9.17) is 9.47 Å². The molecular formula is C23H22F3N5O5S. The van der Waals surface area contributed by atoms with Gasteiger partial charge in [-0.15, -0.1) is 11.3 Å². The summed E-state index contributed by atoms with van der Waals surface area (Å²) in [5, 5.41) is 5.53. The first-order valence-corrected chi connectivity index (χ1v) is 11.9. The number of hydrogen-bond donors (Lipinski definition) is 2. The number of urea groups is 1. The van der Waals surface area contributed by atoms with Crippen molar-refractivity contribution in [2.24, 2.45) is 0 Å². The molecule has 0 spiro atoms. The second-order valence-electron chi connectivity index (χ2n) is 7.19. The van der Waals surface area contributed by atoms with Crippen LogP contribution in [0, 0.1) is 0 Å². The zero-order valence-corrected chi connectivity index (χ0v) is 20.7. The van der Waals surface area contributed by atoms with Gasteiger partial charge >= 0.3 is 24.1 Å². The van der Waals surface area contributed by atoms with Crippen LogP contribution in [0.3, 0.4) is 0 Å². The summed E-state index contributed by atoms with van der Waals surface area (Å²) in [6.07, 6.45) is -0.899. The molecule has 2 amide bonds. The Morgan fingerprint density at radius 3 is 2.35 bits per heavy atom. The van der Waals surface area contributed by atoms with Gasteiger partial charge in [-0.25, -0.2) is 24.4 Å². The Hall–Kier alpha value is -4.07. The second kappa shape index (κ2) is 11.8. The maximum absolute atomic E-state index is 13.4. The third-order valence-corrected chi connectivity index (χ3v) is 5.56. The average molecular weight is 538 g/mol. The number of nitrogens with one attached hydrogen (secondary N) is 2. The van der Waals surface area contributed by atoms with Crippen molar-refractivity contribution in [2.45, 2.75) is 26.9 Å². The maximum Gasteiger partial charge on any atom is 0.434 e. The smallest absolute Gasteiger partial charge is 0.434 e. The van der Waals surface area contributed by atoms with E-state index >= 15 is 0 Å². The summed E-state index contributed by atoms with van der Waals surface area (Å²) < 4.78 is 50.3. The number of ether oxygens (including phenoxy) is 2. The minimum Gasteiger partial charge on any atom is -0.462 e. The Morgan fingerprint density at radius 2 is 1.73 bits per heavy atom. The van der Waals surface area contributed by atoms with E-state index in [1.165, 1.54) is 24.7 Å². The number of aromatic nitrogens is 3. The van der Waals surface area contributed by atoms with Gasteiger partial charge in [0.05, 0.1) is 18.8 Å². The van der Waals surface area contributed by atoms with E-state index in [0.29, 0.717) is 11.3 Å². The quantitative estimate of drug-likeness (QED) is 0.393. The minimum atomic E-state index is -4.74. The molecule has 0 aliphatic rings. The number of anilines is 1. The van der Waals surface area contributed by atoms with E-state index in [-0.39, 0.29) is 58.4 Å². The maximum atomic E-state index is 13.4. The summed E-state index contributed by atoms with van der Waals surface area (Å²) >= 11 is 0.637. The number of carbonyl (C=O) groups is 3. The number of alkyl halides is 3. The van der Waals surface area contributed by atoms with Crippen molar-refractivity contribution in [2.75, 3.05) is 25.1 Å². The first kappa shape index (κ1) is 27.5. The van der Waals surface area contributed by atoms with Gasteiger partial charge in [-0.1, -0.05) is 0 Å². The number of rotatable bonds is 8. The Labute approximate surface area is 213 Å². The van der Waals surface area contributed by atoms with Crippen LogP contribution in [-0.4, -0.2) is 52.7 Å². The van der Waals surface area contributed by atoms with Crippen molar-refractivity contribution >= 4 is 35.1 Å². The zero-order valence-electron chi connectivity index (χ0n) is 19.9. The number of halogens is 3. The molecule has 3 heterocycles. The molecule has 14 heteroatoms. The van der Waals surface area contributed by atoms with E-state index < -0.39 is 29.8 Å². The molecule has 0 aliphatic carbocycles. The van der Waals surface area contributed by atoms with Gasteiger partial charge in [0.2, 0.25) is 0 Å². The molecule has 3 rings (SSSR count). The molecule has 10 nitrogen and oxygen atoms in total. The van der Waals surface area contributed by atoms with Crippen molar-refractivity contribution < 1.29 is 37.0 Å². The molecule has 0 saturated carbocycles. The van der Waals surface area contributed by atoms with Gasteiger partial charge in [-0.2, -0.15) is 13.2 Å². The number of thiazole rings is 1. The minimum absolute atomic E-state index is 0.0608. The summed E-state index contributed by atoms with van der Waals surface area (Å²) in [6, 6.07) is 0.704. The summed E-state index contributed by atoms with van der Waals surface area (Å²) in [5.74, 6) is -1.86. The van der Waals surface area contributed by atoms with Crippen LogP contribution in [0.2, 0.25) is 0 Å². The topological polar surface area (TPSA) is 132 Å². The third kappa shape index (κ3) is 6.39. The van der Waals surface area contributed by atoms with E-state index in [9.17, 15) is 27.6 Å². The normalized spacial score (nSPS) is 11.1. The molecule has 0 unspecified atom stereocenters. The predicted molar refractivity (Wildman–Crippen MR) is 128 cm³/mol. The zero-order chi connectivity index (χ0) is 27.2. The highest BCUT2D eigenvalue weighted by molar-refractivity contribution is 7.13. The van der Waals surface area contributed by atoms with Gasteiger partial charge in [0, 0.05) is 47.2 Å². The molecule has 0 saturated heterocycles. The average Bonchev–Trinajstić information content (AvgIpc) is 3.35. The highest BCUT2D eigenvalue weighted by atomic mass is 32.1. The van der Waals surface area contributed by atoms with Gasteiger partial charge in [-0.3, -0.25) is 10.3 Å². The summed E-state index contributed by atoms with van der Waals surface area (Å²) in [4.78, 5) is 49.5. The molecule has 0 radical (unpaired) electrons. The fourth-order valence-corrected chi connectivity index (χ4v) is 4.08. The SMILES string of the molecule is CCNC(=O)Nc1ncc(-c2cncc(C(=O)OCC)c2)c(-c2nc(C(F)(F)F)cs2)c1C(=O)OCC. The van der Waals surface area contributed by atoms with Crippen LogP contribution in [0.5, 0.6) is 0 Å². The number of pyridine rings is 2. The van der Waals surface area contributed by atoms with Crippen LogP contribution in [-0.2, 0) is 15.7 Å². The molecule has 0 atom stereocenters. The largest absolute Gasteiger partial charge is 0.462 e. The van der Waals surface area contributed by atoms with Gasteiger partial charge in [0.25, 0.3) is 0 Å². The van der Waals surface area contributed by atoms with E-state index in [1.807, 2.05) is 0 Å². The number of hydrogen-bond acceptors (Lipinski definition) is 9. The number of nitrogens with zero attached hydrogens (tertiary/aromatic N) is 3. The highest BCUT2D eigenvalue weighted by Crippen LogP contribution is 2.41. The lowest BCUT2D eigenvalue weighted by molar-refractivity contribution is -0.140. The fourth-order valence-electron chi connectivity index (χ4n) is 3.19. The van der Waals surface area contributed by atoms with Gasteiger partial charge in [-0.05, 0) is 26.8 Å². The molecule has 196 valence electrons. The number of esters is 2. The first-order chi connectivity index (χ1) is 17.6.